The molecule has 0 aromatic heterocycles. The van der Waals surface area contributed by atoms with E-state index in [0.29, 0.717) is 12.1 Å². The number of nitro groups is 2. The van der Waals surface area contributed by atoms with E-state index in [1.807, 2.05) is 0 Å². The molecule has 0 aliphatic heterocycles. The van der Waals surface area contributed by atoms with Crippen molar-refractivity contribution < 1.29 is 27.8 Å². The highest BCUT2D eigenvalue weighted by Crippen LogP contribution is 2.37. The molecular weight excluding hydrogens is 297 g/mol. The van der Waals surface area contributed by atoms with Crippen LogP contribution in [0.5, 0.6) is 0 Å². The summed E-state index contributed by atoms with van der Waals surface area (Å²) in [5.41, 5.74) is -4.31. The SMILES string of the molecule is O=C(c1cc(Cl)cc([N+](=O)[O-])c1[N+](=O)[O-])C(F)(F)F. The second-order valence-corrected chi connectivity index (χ2v) is 3.60. The summed E-state index contributed by atoms with van der Waals surface area (Å²) in [6, 6.07) is 0.857. The average Bonchev–Trinajstić information content (AvgIpc) is 2.24. The molecule has 0 spiro atoms. The summed E-state index contributed by atoms with van der Waals surface area (Å²) in [5, 5.41) is 20.6. The van der Waals surface area contributed by atoms with Gasteiger partial charge in [-0.05, 0) is 6.07 Å². The number of alkyl halides is 3. The first-order valence-corrected chi connectivity index (χ1v) is 4.67. The Balaban J connectivity index is 3.68. The second kappa shape index (κ2) is 4.80. The number of halogens is 4. The normalized spacial score (nSPS) is 11.2. The van der Waals surface area contributed by atoms with Crippen LogP contribution < -0.4 is 0 Å². The molecule has 0 amide bonds. The van der Waals surface area contributed by atoms with E-state index in [4.69, 9.17) is 11.6 Å². The minimum Gasteiger partial charge on any atom is -0.284 e. The lowest BCUT2D eigenvalue weighted by Gasteiger charge is -2.06. The van der Waals surface area contributed by atoms with Crippen molar-refractivity contribution in [2.45, 2.75) is 6.18 Å². The van der Waals surface area contributed by atoms with Crippen molar-refractivity contribution in [3.05, 3.63) is 42.9 Å². The maximum absolute atomic E-state index is 12.3. The maximum Gasteiger partial charge on any atom is 0.455 e. The third kappa shape index (κ3) is 2.96. The van der Waals surface area contributed by atoms with Gasteiger partial charge in [0.15, 0.2) is 0 Å². The highest BCUT2D eigenvalue weighted by Gasteiger charge is 2.45. The van der Waals surface area contributed by atoms with Crippen LogP contribution in [0.15, 0.2) is 12.1 Å². The summed E-state index contributed by atoms with van der Waals surface area (Å²) >= 11 is 5.32. The number of nitro benzene ring substituents is 2. The zero-order valence-electron chi connectivity index (χ0n) is 8.60. The number of hydrogen-bond acceptors (Lipinski definition) is 5. The van der Waals surface area contributed by atoms with Gasteiger partial charge < -0.3 is 0 Å². The van der Waals surface area contributed by atoms with Crippen molar-refractivity contribution in [2.75, 3.05) is 0 Å². The van der Waals surface area contributed by atoms with E-state index in [1.54, 1.807) is 0 Å². The monoisotopic (exact) mass is 298 g/mol. The standard InChI is InChI=1S/C8H2ClF3N2O5/c9-3-1-4(7(15)8(10,11)12)6(14(18)19)5(2-3)13(16)17/h1-2H. The number of carbonyl (C=O) groups is 1. The Bertz CT molecular complexity index is 586. The van der Waals surface area contributed by atoms with E-state index in [0.717, 1.165) is 0 Å². The van der Waals surface area contributed by atoms with Gasteiger partial charge in [-0.2, -0.15) is 13.2 Å². The van der Waals surface area contributed by atoms with Crippen LogP contribution in [0.1, 0.15) is 10.4 Å². The molecule has 0 heterocycles. The molecular formula is C8H2ClF3N2O5. The van der Waals surface area contributed by atoms with Gasteiger partial charge in [0.05, 0.1) is 9.85 Å². The summed E-state index contributed by atoms with van der Waals surface area (Å²) in [6.45, 7) is 0. The lowest BCUT2D eigenvalue weighted by atomic mass is 10.1. The van der Waals surface area contributed by atoms with E-state index >= 15 is 0 Å². The quantitative estimate of drug-likeness (QED) is 0.485. The molecule has 0 saturated carbocycles. The largest absolute Gasteiger partial charge is 0.455 e. The number of Topliss-reactive ketones (excluding diaryl/α,β-unsaturated/α-hetero) is 1. The van der Waals surface area contributed by atoms with E-state index in [-0.39, 0.29) is 0 Å². The second-order valence-electron chi connectivity index (χ2n) is 3.16. The van der Waals surface area contributed by atoms with Crippen LogP contribution in [0.4, 0.5) is 24.5 Å². The van der Waals surface area contributed by atoms with Crippen LogP contribution in [-0.4, -0.2) is 21.8 Å². The Morgan fingerprint density at radius 3 is 2.05 bits per heavy atom. The van der Waals surface area contributed by atoms with Gasteiger partial charge in [0.1, 0.15) is 5.56 Å². The number of carbonyl (C=O) groups excluding carboxylic acids is 1. The van der Waals surface area contributed by atoms with Crippen molar-refractivity contribution in [3.63, 3.8) is 0 Å². The topological polar surface area (TPSA) is 103 Å². The predicted molar refractivity (Wildman–Crippen MR) is 55.1 cm³/mol. The van der Waals surface area contributed by atoms with Gasteiger partial charge in [-0.3, -0.25) is 25.0 Å². The molecule has 11 heteroatoms. The summed E-state index contributed by atoms with van der Waals surface area (Å²) in [4.78, 5) is 29.5. The van der Waals surface area contributed by atoms with Gasteiger partial charge in [0.25, 0.3) is 5.78 Å². The van der Waals surface area contributed by atoms with E-state index in [9.17, 15) is 38.2 Å². The van der Waals surface area contributed by atoms with Crippen LogP contribution in [0, 0.1) is 20.2 Å². The first-order chi connectivity index (χ1) is 8.55. The van der Waals surface area contributed by atoms with Gasteiger partial charge in [0, 0.05) is 11.1 Å². The zero-order valence-corrected chi connectivity index (χ0v) is 9.36. The maximum atomic E-state index is 12.3. The lowest BCUT2D eigenvalue weighted by molar-refractivity contribution is -0.422. The molecule has 0 saturated heterocycles. The van der Waals surface area contributed by atoms with Gasteiger partial charge in [-0.1, -0.05) is 11.6 Å². The molecule has 1 aromatic carbocycles. The molecule has 0 aliphatic carbocycles. The summed E-state index contributed by atoms with van der Waals surface area (Å²) in [6.07, 6.45) is -5.41. The fourth-order valence-corrected chi connectivity index (χ4v) is 1.45. The van der Waals surface area contributed by atoms with Crippen LogP contribution in [-0.2, 0) is 0 Å². The van der Waals surface area contributed by atoms with Crippen molar-refractivity contribution in [3.8, 4) is 0 Å². The molecule has 0 radical (unpaired) electrons. The fraction of sp³-hybridized carbons (Fsp3) is 0.125. The minimum absolute atomic E-state index is 0.364. The Morgan fingerprint density at radius 2 is 1.68 bits per heavy atom. The molecule has 0 bridgehead atoms. The van der Waals surface area contributed by atoms with Crippen LogP contribution >= 0.6 is 11.6 Å². The van der Waals surface area contributed by atoms with E-state index in [2.05, 4.69) is 0 Å². The Kier molecular flexibility index (Phi) is 3.75. The summed E-state index contributed by atoms with van der Waals surface area (Å²) < 4.78 is 36.8. The molecule has 19 heavy (non-hydrogen) atoms. The molecule has 0 unspecified atom stereocenters. The van der Waals surface area contributed by atoms with E-state index in [1.165, 1.54) is 0 Å². The fourth-order valence-electron chi connectivity index (χ4n) is 1.24. The third-order valence-corrected chi connectivity index (χ3v) is 2.15. The molecule has 0 fully saturated rings. The summed E-state index contributed by atoms with van der Waals surface area (Å²) in [7, 11) is 0. The average molecular weight is 299 g/mol. The summed E-state index contributed by atoms with van der Waals surface area (Å²) in [5.74, 6) is -2.58. The highest BCUT2D eigenvalue weighted by atomic mass is 35.5. The molecule has 102 valence electrons. The van der Waals surface area contributed by atoms with Gasteiger partial charge in [0.2, 0.25) is 0 Å². The molecule has 0 atom stereocenters. The van der Waals surface area contributed by atoms with Gasteiger partial charge in [-0.25, -0.2) is 0 Å². The van der Waals surface area contributed by atoms with Crippen LogP contribution in [0.25, 0.3) is 0 Å². The van der Waals surface area contributed by atoms with Gasteiger partial charge in [-0.15, -0.1) is 0 Å². The van der Waals surface area contributed by atoms with Crippen LogP contribution in [0.3, 0.4) is 0 Å². The number of hydrogen-bond donors (Lipinski definition) is 0. The van der Waals surface area contributed by atoms with Crippen molar-refractivity contribution >= 4 is 28.8 Å². The smallest absolute Gasteiger partial charge is 0.284 e. The lowest BCUT2D eigenvalue weighted by Crippen LogP contribution is -2.24. The molecule has 0 N–H and O–H groups in total. The van der Waals surface area contributed by atoms with Crippen molar-refractivity contribution in [2.24, 2.45) is 0 Å². The van der Waals surface area contributed by atoms with Crippen molar-refractivity contribution in [1.82, 2.24) is 0 Å². The van der Waals surface area contributed by atoms with Crippen molar-refractivity contribution in [1.29, 1.82) is 0 Å². The molecule has 1 rings (SSSR count). The minimum atomic E-state index is -5.41. The molecule has 1 aromatic rings. The Hall–Kier alpha value is -2.23. The highest BCUT2D eigenvalue weighted by molar-refractivity contribution is 6.31. The molecule has 7 nitrogen and oxygen atoms in total. The number of rotatable bonds is 3. The number of benzene rings is 1. The van der Waals surface area contributed by atoms with E-state index < -0.39 is 43.8 Å². The Labute approximate surface area is 106 Å². The Morgan fingerprint density at radius 1 is 1.16 bits per heavy atom. The number of ketones is 1. The first kappa shape index (κ1) is 14.8. The predicted octanol–water partition coefficient (Wildman–Crippen LogP) is 2.90. The van der Waals surface area contributed by atoms with Gasteiger partial charge >= 0.3 is 17.6 Å². The first-order valence-electron chi connectivity index (χ1n) is 4.29. The molecule has 0 aliphatic rings. The third-order valence-electron chi connectivity index (χ3n) is 1.94. The number of nitrogens with zero attached hydrogens (tertiary/aromatic N) is 2. The van der Waals surface area contributed by atoms with Crippen LogP contribution in [0.2, 0.25) is 5.02 Å². The zero-order chi connectivity index (χ0) is 15.0.